The highest BCUT2D eigenvalue weighted by atomic mass is 16.5. The second-order valence-corrected chi connectivity index (χ2v) is 4.68. The van der Waals surface area contributed by atoms with E-state index in [0.29, 0.717) is 5.56 Å². The number of carboxylic acid groups (broad SMARTS) is 1. The number of carbonyl (C=O) groups excluding carboxylic acids is 2. The highest BCUT2D eigenvalue weighted by Gasteiger charge is 2.22. The fraction of sp³-hybridized carbons (Fsp3) is 0.438. The molecule has 0 aliphatic rings. The van der Waals surface area contributed by atoms with Crippen LogP contribution in [0.1, 0.15) is 47.9 Å². The SMILES string of the molecule is CCOC(=O)CCc1ccc(C(=O)OCC)cc1C(O)C(=O)O. The van der Waals surface area contributed by atoms with E-state index in [-0.39, 0.29) is 37.2 Å². The molecule has 23 heavy (non-hydrogen) atoms. The molecule has 126 valence electrons. The summed E-state index contributed by atoms with van der Waals surface area (Å²) in [6.45, 7) is 3.77. The van der Waals surface area contributed by atoms with Crippen molar-refractivity contribution in [2.75, 3.05) is 13.2 Å². The van der Waals surface area contributed by atoms with E-state index < -0.39 is 24.0 Å². The molecule has 0 aliphatic carbocycles. The van der Waals surface area contributed by atoms with Crippen LogP contribution >= 0.6 is 0 Å². The summed E-state index contributed by atoms with van der Waals surface area (Å²) >= 11 is 0. The summed E-state index contributed by atoms with van der Waals surface area (Å²) < 4.78 is 9.66. The number of hydrogen-bond donors (Lipinski definition) is 2. The van der Waals surface area contributed by atoms with Gasteiger partial charge in [-0.1, -0.05) is 6.07 Å². The lowest BCUT2D eigenvalue weighted by Crippen LogP contribution is -2.15. The minimum Gasteiger partial charge on any atom is -0.479 e. The molecule has 7 nitrogen and oxygen atoms in total. The highest BCUT2D eigenvalue weighted by molar-refractivity contribution is 5.90. The summed E-state index contributed by atoms with van der Waals surface area (Å²) in [5.41, 5.74) is 0.662. The Hall–Kier alpha value is -2.41. The first kappa shape index (κ1) is 18.6. The Labute approximate surface area is 133 Å². The van der Waals surface area contributed by atoms with Gasteiger partial charge in [-0.25, -0.2) is 9.59 Å². The molecule has 0 spiro atoms. The number of carbonyl (C=O) groups is 3. The maximum atomic E-state index is 11.7. The Bertz CT molecular complexity index is 580. The normalized spacial score (nSPS) is 11.6. The van der Waals surface area contributed by atoms with Gasteiger partial charge in [0.25, 0.3) is 0 Å². The first-order valence-electron chi connectivity index (χ1n) is 7.27. The molecule has 2 N–H and O–H groups in total. The average molecular weight is 324 g/mol. The van der Waals surface area contributed by atoms with Gasteiger partial charge in [0, 0.05) is 6.42 Å². The van der Waals surface area contributed by atoms with Crippen LogP contribution < -0.4 is 0 Å². The van der Waals surface area contributed by atoms with Gasteiger partial charge in [0.05, 0.1) is 18.8 Å². The first-order valence-corrected chi connectivity index (χ1v) is 7.27. The van der Waals surface area contributed by atoms with Crippen molar-refractivity contribution in [3.05, 3.63) is 34.9 Å². The second-order valence-electron chi connectivity index (χ2n) is 4.68. The lowest BCUT2D eigenvalue weighted by atomic mass is 9.96. The quantitative estimate of drug-likeness (QED) is 0.697. The van der Waals surface area contributed by atoms with Crippen molar-refractivity contribution in [1.29, 1.82) is 0 Å². The molecule has 0 saturated carbocycles. The standard InChI is InChI=1S/C16H20O7/c1-3-22-13(17)8-7-10-5-6-11(16(21)23-4-2)9-12(10)14(18)15(19)20/h5-6,9,14,18H,3-4,7-8H2,1-2H3,(H,19,20). The van der Waals surface area contributed by atoms with Crippen LogP contribution in [0, 0.1) is 0 Å². The largest absolute Gasteiger partial charge is 0.479 e. The number of rotatable bonds is 8. The Kier molecular flexibility index (Phi) is 7.21. The Balaban J connectivity index is 3.06. The summed E-state index contributed by atoms with van der Waals surface area (Å²) in [6, 6.07) is 4.25. The number of ether oxygens (including phenoxy) is 2. The van der Waals surface area contributed by atoms with E-state index in [9.17, 15) is 19.5 Å². The molecule has 0 aliphatic heterocycles. The van der Waals surface area contributed by atoms with E-state index in [1.165, 1.54) is 18.2 Å². The van der Waals surface area contributed by atoms with Crippen molar-refractivity contribution in [2.24, 2.45) is 0 Å². The first-order chi connectivity index (χ1) is 10.9. The van der Waals surface area contributed by atoms with Gasteiger partial charge in [-0.2, -0.15) is 0 Å². The summed E-state index contributed by atoms with van der Waals surface area (Å²) in [5, 5.41) is 18.8. The number of aryl methyl sites for hydroxylation is 1. The van der Waals surface area contributed by atoms with Crippen molar-refractivity contribution >= 4 is 17.9 Å². The third kappa shape index (κ3) is 5.37. The minimum atomic E-state index is -1.79. The number of hydrogen-bond acceptors (Lipinski definition) is 6. The van der Waals surface area contributed by atoms with E-state index in [1.54, 1.807) is 13.8 Å². The third-order valence-electron chi connectivity index (χ3n) is 3.09. The van der Waals surface area contributed by atoms with Crippen LogP contribution in [-0.2, 0) is 25.5 Å². The smallest absolute Gasteiger partial charge is 0.338 e. The van der Waals surface area contributed by atoms with E-state index >= 15 is 0 Å². The van der Waals surface area contributed by atoms with Gasteiger partial charge in [0.15, 0.2) is 6.10 Å². The van der Waals surface area contributed by atoms with E-state index in [4.69, 9.17) is 14.6 Å². The zero-order valence-electron chi connectivity index (χ0n) is 13.1. The average Bonchev–Trinajstić information content (AvgIpc) is 2.52. The number of aliphatic hydroxyl groups is 1. The Morgan fingerprint density at radius 1 is 1.13 bits per heavy atom. The molecular weight excluding hydrogens is 304 g/mol. The van der Waals surface area contributed by atoms with E-state index in [0.717, 1.165) is 0 Å². The van der Waals surface area contributed by atoms with Crippen molar-refractivity contribution in [3.63, 3.8) is 0 Å². The molecule has 0 aromatic heterocycles. The predicted octanol–water partition coefficient (Wildman–Crippen LogP) is 1.48. The van der Waals surface area contributed by atoms with Gasteiger partial charge in [-0.15, -0.1) is 0 Å². The lowest BCUT2D eigenvalue weighted by Gasteiger charge is -2.14. The Morgan fingerprint density at radius 3 is 2.35 bits per heavy atom. The predicted molar refractivity (Wildman–Crippen MR) is 79.9 cm³/mol. The zero-order chi connectivity index (χ0) is 17.4. The molecule has 0 bridgehead atoms. The summed E-state index contributed by atoms with van der Waals surface area (Å²) in [6.07, 6.45) is -1.55. The van der Waals surface area contributed by atoms with Crippen LogP contribution in [0.5, 0.6) is 0 Å². The van der Waals surface area contributed by atoms with Crippen molar-refractivity contribution in [2.45, 2.75) is 32.8 Å². The van der Waals surface area contributed by atoms with Crippen LogP contribution in [-0.4, -0.2) is 41.3 Å². The van der Waals surface area contributed by atoms with Crippen molar-refractivity contribution < 1.29 is 34.1 Å². The zero-order valence-corrected chi connectivity index (χ0v) is 13.1. The van der Waals surface area contributed by atoms with Crippen LogP contribution in [0.2, 0.25) is 0 Å². The molecule has 1 rings (SSSR count). The van der Waals surface area contributed by atoms with Gasteiger partial charge in [-0.05, 0) is 43.5 Å². The molecule has 0 radical (unpaired) electrons. The minimum absolute atomic E-state index is 0.0476. The van der Waals surface area contributed by atoms with Gasteiger partial charge < -0.3 is 19.7 Å². The number of aliphatic carboxylic acids is 1. The van der Waals surface area contributed by atoms with Gasteiger partial charge in [-0.3, -0.25) is 4.79 Å². The van der Waals surface area contributed by atoms with Crippen molar-refractivity contribution in [3.8, 4) is 0 Å². The topological polar surface area (TPSA) is 110 Å². The summed E-state index contributed by atoms with van der Waals surface area (Å²) in [7, 11) is 0. The molecule has 0 saturated heterocycles. The fourth-order valence-corrected chi connectivity index (χ4v) is 2.02. The van der Waals surface area contributed by atoms with Crippen LogP contribution in [0.25, 0.3) is 0 Å². The van der Waals surface area contributed by atoms with E-state index in [1.807, 2.05) is 0 Å². The fourth-order valence-electron chi connectivity index (χ4n) is 2.02. The maximum absolute atomic E-state index is 11.7. The van der Waals surface area contributed by atoms with Crippen LogP contribution in [0.15, 0.2) is 18.2 Å². The van der Waals surface area contributed by atoms with Crippen LogP contribution in [0.4, 0.5) is 0 Å². The number of benzene rings is 1. The van der Waals surface area contributed by atoms with Crippen LogP contribution in [0.3, 0.4) is 0 Å². The summed E-state index contributed by atoms with van der Waals surface area (Å²) in [5.74, 6) is -2.47. The maximum Gasteiger partial charge on any atom is 0.338 e. The van der Waals surface area contributed by atoms with Crippen molar-refractivity contribution in [1.82, 2.24) is 0 Å². The van der Waals surface area contributed by atoms with E-state index in [2.05, 4.69) is 0 Å². The molecule has 1 aromatic carbocycles. The second kappa shape index (κ2) is 8.89. The molecule has 1 atom stereocenters. The molecule has 1 aromatic rings. The Morgan fingerprint density at radius 2 is 1.78 bits per heavy atom. The molecule has 0 fully saturated rings. The number of esters is 2. The molecule has 0 heterocycles. The summed E-state index contributed by atoms with van der Waals surface area (Å²) in [4.78, 5) is 34.2. The molecular formula is C16H20O7. The van der Waals surface area contributed by atoms with Gasteiger partial charge in [0.2, 0.25) is 0 Å². The van der Waals surface area contributed by atoms with Gasteiger partial charge >= 0.3 is 17.9 Å². The third-order valence-corrected chi connectivity index (χ3v) is 3.09. The molecule has 7 heteroatoms. The lowest BCUT2D eigenvalue weighted by molar-refractivity contribution is -0.147. The monoisotopic (exact) mass is 324 g/mol. The molecule has 0 amide bonds. The highest BCUT2D eigenvalue weighted by Crippen LogP contribution is 2.22. The molecule has 1 unspecified atom stereocenters. The number of carboxylic acids is 1. The van der Waals surface area contributed by atoms with Gasteiger partial charge in [0.1, 0.15) is 0 Å². The number of aliphatic hydroxyl groups excluding tert-OH is 1.